The summed E-state index contributed by atoms with van der Waals surface area (Å²) in [4.78, 5) is 0. The Morgan fingerprint density at radius 1 is 1.50 bits per heavy atom. The van der Waals surface area contributed by atoms with E-state index in [-0.39, 0.29) is 5.82 Å². The molecule has 1 aromatic rings. The minimum atomic E-state index is -0.193. The predicted molar refractivity (Wildman–Crippen MR) is 77.1 cm³/mol. The highest BCUT2D eigenvalue weighted by Gasteiger charge is 2.02. The highest BCUT2D eigenvalue weighted by molar-refractivity contribution is 9.10. The summed E-state index contributed by atoms with van der Waals surface area (Å²) in [5, 5.41) is 3.26. The Balaban J connectivity index is 2.68. The van der Waals surface area contributed by atoms with Crippen LogP contribution < -0.4 is 5.32 Å². The molecule has 0 unspecified atom stereocenters. The minimum absolute atomic E-state index is 0.193. The molecule has 2 nitrogen and oxygen atoms in total. The van der Waals surface area contributed by atoms with Gasteiger partial charge in [-0.15, -0.1) is 0 Å². The van der Waals surface area contributed by atoms with Crippen molar-refractivity contribution in [1.82, 2.24) is 5.32 Å². The van der Waals surface area contributed by atoms with E-state index in [0.29, 0.717) is 12.2 Å². The standard InChI is InChI=1S/C14H19BrFNO/c1-3-11(10-17-6-7-18-2)8-12-9-13(15)4-5-14(12)16/h4-5,8-9,17H,3,6-7,10H2,1-2H3. The number of hydrogen-bond donors (Lipinski definition) is 1. The Morgan fingerprint density at radius 2 is 2.28 bits per heavy atom. The molecule has 0 bridgehead atoms. The summed E-state index contributed by atoms with van der Waals surface area (Å²) < 4.78 is 19.5. The van der Waals surface area contributed by atoms with Crippen LogP contribution >= 0.6 is 15.9 Å². The van der Waals surface area contributed by atoms with Gasteiger partial charge in [0.25, 0.3) is 0 Å². The molecule has 0 saturated carbocycles. The van der Waals surface area contributed by atoms with E-state index in [1.807, 2.05) is 6.08 Å². The first-order valence-electron chi connectivity index (χ1n) is 6.01. The Kier molecular flexibility index (Phi) is 7.16. The molecule has 1 aromatic carbocycles. The van der Waals surface area contributed by atoms with Crippen LogP contribution in [0.25, 0.3) is 6.08 Å². The quantitative estimate of drug-likeness (QED) is 0.776. The van der Waals surface area contributed by atoms with Crippen LogP contribution in [0.3, 0.4) is 0 Å². The fourth-order valence-corrected chi connectivity index (χ4v) is 1.93. The normalized spacial score (nSPS) is 11.9. The van der Waals surface area contributed by atoms with E-state index in [9.17, 15) is 4.39 Å². The highest BCUT2D eigenvalue weighted by Crippen LogP contribution is 2.18. The average Bonchev–Trinajstić information content (AvgIpc) is 2.37. The van der Waals surface area contributed by atoms with E-state index >= 15 is 0 Å². The molecule has 0 heterocycles. The third-order valence-corrected chi connectivity index (χ3v) is 3.10. The molecule has 0 atom stereocenters. The third kappa shape index (κ3) is 5.29. The highest BCUT2D eigenvalue weighted by atomic mass is 79.9. The maximum atomic E-state index is 13.6. The van der Waals surface area contributed by atoms with Gasteiger partial charge in [0.1, 0.15) is 5.82 Å². The van der Waals surface area contributed by atoms with Gasteiger partial charge in [-0.2, -0.15) is 0 Å². The van der Waals surface area contributed by atoms with Crippen molar-refractivity contribution in [2.45, 2.75) is 13.3 Å². The summed E-state index contributed by atoms with van der Waals surface area (Å²) >= 11 is 3.35. The molecule has 0 aliphatic carbocycles. The smallest absolute Gasteiger partial charge is 0.130 e. The summed E-state index contributed by atoms with van der Waals surface area (Å²) in [6, 6.07) is 4.97. The molecule has 0 aliphatic heterocycles. The molecule has 100 valence electrons. The maximum Gasteiger partial charge on any atom is 0.130 e. The van der Waals surface area contributed by atoms with E-state index < -0.39 is 0 Å². The number of nitrogens with one attached hydrogen (secondary N) is 1. The van der Waals surface area contributed by atoms with Crippen LogP contribution in [0.1, 0.15) is 18.9 Å². The van der Waals surface area contributed by atoms with Crippen LogP contribution in [-0.2, 0) is 4.74 Å². The lowest BCUT2D eigenvalue weighted by Crippen LogP contribution is -2.21. The molecule has 0 amide bonds. The Bertz CT molecular complexity index is 407. The van der Waals surface area contributed by atoms with Crippen LogP contribution in [0.15, 0.2) is 28.2 Å². The number of hydrogen-bond acceptors (Lipinski definition) is 2. The first-order chi connectivity index (χ1) is 8.67. The Labute approximate surface area is 116 Å². The summed E-state index contributed by atoms with van der Waals surface area (Å²) in [6.45, 7) is 4.31. The van der Waals surface area contributed by atoms with Crippen LogP contribution in [0.4, 0.5) is 4.39 Å². The zero-order valence-corrected chi connectivity index (χ0v) is 12.4. The predicted octanol–water partition coefficient (Wildman–Crippen LogP) is 3.62. The Hall–Kier alpha value is -0.710. The van der Waals surface area contributed by atoms with Gasteiger partial charge in [-0.1, -0.05) is 34.5 Å². The second kappa shape index (κ2) is 8.40. The molecule has 1 N–H and O–H groups in total. The molecule has 18 heavy (non-hydrogen) atoms. The third-order valence-electron chi connectivity index (χ3n) is 2.61. The van der Waals surface area contributed by atoms with Gasteiger partial charge in [0.2, 0.25) is 0 Å². The number of rotatable bonds is 7. The van der Waals surface area contributed by atoms with Crippen LogP contribution in [0.5, 0.6) is 0 Å². The number of halogens is 2. The summed E-state index contributed by atoms with van der Waals surface area (Å²) in [6.07, 6.45) is 2.80. The van der Waals surface area contributed by atoms with Crippen molar-refractivity contribution < 1.29 is 9.13 Å². The lowest BCUT2D eigenvalue weighted by Gasteiger charge is -2.08. The maximum absolute atomic E-state index is 13.6. The topological polar surface area (TPSA) is 21.3 Å². The summed E-state index contributed by atoms with van der Waals surface area (Å²) in [7, 11) is 1.68. The molecule has 0 aromatic heterocycles. The van der Waals surface area contributed by atoms with E-state index in [2.05, 4.69) is 28.2 Å². The van der Waals surface area contributed by atoms with Gasteiger partial charge in [0, 0.05) is 30.2 Å². The van der Waals surface area contributed by atoms with Crippen molar-refractivity contribution in [3.8, 4) is 0 Å². The molecular formula is C14H19BrFNO. The summed E-state index contributed by atoms with van der Waals surface area (Å²) in [5.74, 6) is -0.193. The molecule has 0 saturated heterocycles. The largest absolute Gasteiger partial charge is 0.383 e. The molecule has 0 fully saturated rings. The fourth-order valence-electron chi connectivity index (χ4n) is 1.55. The monoisotopic (exact) mass is 315 g/mol. The van der Waals surface area contributed by atoms with Crippen LogP contribution in [-0.4, -0.2) is 26.8 Å². The van der Waals surface area contributed by atoms with Crippen molar-refractivity contribution in [1.29, 1.82) is 0 Å². The van der Waals surface area contributed by atoms with E-state index in [1.165, 1.54) is 11.6 Å². The zero-order valence-electron chi connectivity index (χ0n) is 10.8. The molecular weight excluding hydrogens is 297 g/mol. The Morgan fingerprint density at radius 3 is 2.94 bits per heavy atom. The van der Waals surface area contributed by atoms with Gasteiger partial charge >= 0.3 is 0 Å². The fraction of sp³-hybridized carbons (Fsp3) is 0.429. The second-order valence-electron chi connectivity index (χ2n) is 3.99. The van der Waals surface area contributed by atoms with Crippen LogP contribution in [0.2, 0.25) is 0 Å². The number of ether oxygens (including phenoxy) is 1. The van der Waals surface area contributed by atoms with Gasteiger partial charge in [-0.05, 0) is 24.6 Å². The van der Waals surface area contributed by atoms with Gasteiger partial charge in [-0.25, -0.2) is 4.39 Å². The van der Waals surface area contributed by atoms with Crippen molar-refractivity contribution in [3.05, 3.63) is 39.6 Å². The first kappa shape index (κ1) is 15.3. The molecule has 0 radical (unpaired) electrons. The SMILES string of the molecule is CCC(=Cc1cc(Br)ccc1F)CNCCOC. The van der Waals surface area contributed by atoms with E-state index in [0.717, 1.165) is 24.0 Å². The van der Waals surface area contributed by atoms with Gasteiger partial charge < -0.3 is 10.1 Å². The van der Waals surface area contributed by atoms with E-state index in [1.54, 1.807) is 19.2 Å². The average molecular weight is 316 g/mol. The van der Waals surface area contributed by atoms with Gasteiger partial charge in [0.15, 0.2) is 0 Å². The lowest BCUT2D eigenvalue weighted by atomic mass is 10.1. The first-order valence-corrected chi connectivity index (χ1v) is 6.80. The number of methoxy groups -OCH3 is 1. The second-order valence-corrected chi connectivity index (χ2v) is 4.91. The minimum Gasteiger partial charge on any atom is -0.383 e. The number of benzene rings is 1. The molecule has 1 rings (SSSR count). The lowest BCUT2D eigenvalue weighted by molar-refractivity contribution is 0.200. The van der Waals surface area contributed by atoms with Crippen molar-refractivity contribution in [3.63, 3.8) is 0 Å². The van der Waals surface area contributed by atoms with Crippen molar-refractivity contribution in [2.75, 3.05) is 26.8 Å². The van der Waals surface area contributed by atoms with Crippen molar-refractivity contribution in [2.24, 2.45) is 0 Å². The molecule has 4 heteroatoms. The van der Waals surface area contributed by atoms with Gasteiger partial charge in [-0.3, -0.25) is 0 Å². The van der Waals surface area contributed by atoms with Gasteiger partial charge in [0.05, 0.1) is 6.61 Å². The summed E-state index contributed by atoms with van der Waals surface area (Å²) in [5.41, 5.74) is 1.79. The van der Waals surface area contributed by atoms with Crippen molar-refractivity contribution >= 4 is 22.0 Å². The van der Waals surface area contributed by atoms with Crippen LogP contribution in [0, 0.1) is 5.82 Å². The zero-order chi connectivity index (χ0) is 13.4. The van der Waals surface area contributed by atoms with E-state index in [4.69, 9.17) is 4.74 Å². The molecule has 0 spiro atoms. The molecule has 0 aliphatic rings.